The number of aliphatic hydroxyl groups is 1. The maximum Gasteiger partial charge on any atom is 0.302 e. The van der Waals surface area contributed by atoms with Gasteiger partial charge in [0.1, 0.15) is 0 Å². The van der Waals surface area contributed by atoms with Crippen molar-refractivity contribution < 1.29 is 14.6 Å². The molecule has 0 radical (unpaired) electrons. The molecule has 1 fully saturated rings. The van der Waals surface area contributed by atoms with Crippen molar-refractivity contribution in [2.45, 2.75) is 6.92 Å². The maximum absolute atomic E-state index is 10.8. The zero-order valence-electron chi connectivity index (χ0n) is 10.5. The van der Waals surface area contributed by atoms with Gasteiger partial charge in [0.25, 0.3) is 0 Å². The Morgan fingerprint density at radius 3 is 2.67 bits per heavy atom. The van der Waals surface area contributed by atoms with E-state index in [9.17, 15) is 9.90 Å². The summed E-state index contributed by atoms with van der Waals surface area (Å²) in [6.07, 6.45) is 4.16. The molecule has 1 N–H and O–H groups in total. The van der Waals surface area contributed by atoms with Gasteiger partial charge in [-0.25, -0.2) is 0 Å². The summed E-state index contributed by atoms with van der Waals surface area (Å²) in [7, 11) is 0. The van der Waals surface area contributed by atoms with Crippen molar-refractivity contribution in [1.29, 1.82) is 0 Å². The largest absolute Gasteiger partial charge is 0.466 e. The molecule has 96 valence electrons. The molecule has 3 atom stereocenters. The predicted molar refractivity (Wildman–Crippen MR) is 69.7 cm³/mol. The minimum absolute atomic E-state index is 0.149. The highest BCUT2D eigenvalue weighted by atomic mass is 16.5. The highest BCUT2D eigenvalue weighted by Crippen LogP contribution is 2.47. The fourth-order valence-electron chi connectivity index (χ4n) is 2.25. The lowest BCUT2D eigenvalue weighted by molar-refractivity contribution is -0.141. The first kappa shape index (κ1) is 12.8. The van der Waals surface area contributed by atoms with E-state index in [-0.39, 0.29) is 24.4 Å². The highest BCUT2D eigenvalue weighted by molar-refractivity contribution is 5.65. The van der Waals surface area contributed by atoms with Crippen molar-refractivity contribution >= 4 is 12.0 Å². The molecule has 0 spiro atoms. The molecule has 0 saturated heterocycles. The molecular weight excluding hydrogens is 228 g/mol. The average Bonchev–Trinajstić information content (AvgIpc) is 3.07. The lowest BCUT2D eigenvalue weighted by Crippen LogP contribution is -2.04. The van der Waals surface area contributed by atoms with Crippen molar-refractivity contribution in [3.8, 4) is 0 Å². The molecule has 0 bridgehead atoms. The molecular formula is C15H18O3. The lowest BCUT2D eigenvalue weighted by atomic mass is 10.2. The summed E-state index contributed by atoms with van der Waals surface area (Å²) in [5.41, 5.74) is 1.15. The number of carbonyl (C=O) groups excluding carboxylic acids is 1. The fraction of sp³-hybridized carbons (Fsp3) is 0.400. The van der Waals surface area contributed by atoms with Crippen LogP contribution < -0.4 is 0 Å². The van der Waals surface area contributed by atoms with Gasteiger partial charge in [-0.15, -0.1) is 0 Å². The molecule has 0 aromatic heterocycles. The standard InChI is InChI=1S/C15H18O3/c1-11(17)18-10-15-13(14(15)9-16)8-7-12-5-3-2-4-6-12/h2-8,13-16H,9-10H2,1H3/b8-7+/t13-,14-,15+/m1/s1. The van der Waals surface area contributed by atoms with Crippen LogP contribution in [-0.4, -0.2) is 24.3 Å². The number of allylic oxidation sites excluding steroid dienone is 1. The Hall–Kier alpha value is -1.61. The first-order valence-electron chi connectivity index (χ1n) is 6.20. The Balaban J connectivity index is 1.89. The number of ether oxygens (including phenoxy) is 1. The zero-order valence-corrected chi connectivity index (χ0v) is 10.5. The Bertz CT molecular complexity index is 425. The van der Waals surface area contributed by atoms with Crippen LogP contribution in [0.1, 0.15) is 12.5 Å². The second-order valence-corrected chi connectivity index (χ2v) is 4.66. The van der Waals surface area contributed by atoms with Crippen LogP contribution in [0.2, 0.25) is 0 Å². The summed E-state index contributed by atoms with van der Waals surface area (Å²) in [6, 6.07) is 10.0. The van der Waals surface area contributed by atoms with Crippen molar-refractivity contribution in [2.24, 2.45) is 17.8 Å². The van der Waals surface area contributed by atoms with Gasteiger partial charge in [0.15, 0.2) is 0 Å². The third-order valence-corrected chi connectivity index (χ3v) is 3.40. The van der Waals surface area contributed by atoms with Gasteiger partial charge in [0.2, 0.25) is 0 Å². The molecule has 2 rings (SSSR count). The van der Waals surface area contributed by atoms with Crippen molar-refractivity contribution in [2.75, 3.05) is 13.2 Å². The summed E-state index contributed by atoms with van der Waals surface area (Å²) in [4.78, 5) is 10.8. The predicted octanol–water partition coefficient (Wildman–Crippen LogP) is 2.12. The first-order valence-corrected chi connectivity index (χ1v) is 6.20. The van der Waals surface area contributed by atoms with Crippen LogP contribution in [-0.2, 0) is 9.53 Å². The highest BCUT2D eigenvalue weighted by Gasteiger charge is 2.48. The normalized spacial score (nSPS) is 26.2. The number of aliphatic hydroxyl groups excluding tert-OH is 1. The Kier molecular flexibility index (Phi) is 4.15. The van der Waals surface area contributed by atoms with Crippen molar-refractivity contribution in [1.82, 2.24) is 0 Å². The molecule has 1 aliphatic rings. The van der Waals surface area contributed by atoms with E-state index in [1.807, 2.05) is 30.3 Å². The lowest BCUT2D eigenvalue weighted by Gasteiger charge is -1.98. The van der Waals surface area contributed by atoms with Crippen LogP contribution in [0.5, 0.6) is 0 Å². The van der Waals surface area contributed by atoms with Gasteiger partial charge in [0, 0.05) is 19.4 Å². The average molecular weight is 246 g/mol. The SMILES string of the molecule is CC(=O)OC[C@H]1[C@H](/C=C/c2ccccc2)[C@H]1CO. The summed E-state index contributed by atoms with van der Waals surface area (Å²) in [5.74, 6) is 0.544. The summed E-state index contributed by atoms with van der Waals surface area (Å²) in [6.45, 7) is 1.96. The summed E-state index contributed by atoms with van der Waals surface area (Å²) < 4.78 is 5.00. The Morgan fingerprint density at radius 1 is 1.33 bits per heavy atom. The van der Waals surface area contributed by atoms with E-state index in [1.54, 1.807) is 0 Å². The summed E-state index contributed by atoms with van der Waals surface area (Å²) >= 11 is 0. The molecule has 0 unspecified atom stereocenters. The topological polar surface area (TPSA) is 46.5 Å². The number of hydrogen-bond donors (Lipinski definition) is 1. The molecule has 3 heteroatoms. The van der Waals surface area contributed by atoms with Crippen molar-refractivity contribution in [3.05, 3.63) is 42.0 Å². The van der Waals surface area contributed by atoms with Gasteiger partial charge in [-0.05, 0) is 17.4 Å². The van der Waals surface area contributed by atoms with E-state index >= 15 is 0 Å². The second-order valence-electron chi connectivity index (χ2n) is 4.66. The second kappa shape index (κ2) is 5.83. The van der Waals surface area contributed by atoms with Crippen LogP contribution in [0.15, 0.2) is 36.4 Å². The van der Waals surface area contributed by atoms with Gasteiger partial charge in [-0.1, -0.05) is 42.5 Å². The van der Waals surface area contributed by atoms with Gasteiger partial charge in [-0.2, -0.15) is 0 Å². The molecule has 1 saturated carbocycles. The smallest absolute Gasteiger partial charge is 0.302 e. The molecule has 3 nitrogen and oxygen atoms in total. The molecule has 1 aromatic rings. The van der Waals surface area contributed by atoms with E-state index in [1.165, 1.54) is 6.92 Å². The third-order valence-electron chi connectivity index (χ3n) is 3.40. The monoisotopic (exact) mass is 246 g/mol. The van der Waals surface area contributed by atoms with Crippen LogP contribution >= 0.6 is 0 Å². The molecule has 1 aromatic carbocycles. The van der Waals surface area contributed by atoms with Gasteiger partial charge >= 0.3 is 5.97 Å². The maximum atomic E-state index is 10.8. The zero-order chi connectivity index (χ0) is 13.0. The number of carbonyl (C=O) groups is 1. The van der Waals surface area contributed by atoms with E-state index in [2.05, 4.69) is 12.2 Å². The van der Waals surface area contributed by atoms with Gasteiger partial charge in [0.05, 0.1) is 6.61 Å². The molecule has 0 amide bonds. The molecule has 0 heterocycles. The van der Waals surface area contributed by atoms with E-state index in [0.29, 0.717) is 12.5 Å². The molecule has 0 aliphatic heterocycles. The van der Waals surface area contributed by atoms with Crippen LogP contribution in [0.4, 0.5) is 0 Å². The Labute approximate surface area is 107 Å². The quantitative estimate of drug-likeness (QED) is 0.809. The first-order chi connectivity index (χ1) is 8.72. The Morgan fingerprint density at radius 2 is 2.06 bits per heavy atom. The van der Waals surface area contributed by atoms with Crippen LogP contribution in [0, 0.1) is 17.8 Å². The fourth-order valence-corrected chi connectivity index (χ4v) is 2.25. The third kappa shape index (κ3) is 3.20. The van der Waals surface area contributed by atoms with E-state index in [0.717, 1.165) is 5.56 Å². The number of rotatable bonds is 5. The molecule has 18 heavy (non-hydrogen) atoms. The van der Waals surface area contributed by atoms with Crippen LogP contribution in [0.25, 0.3) is 6.08 Å². The number of benzene rings is 1. The summed E-state index contributed by atoms with van der Waals surface area (Å²) in [5, 5.41) is 9.23. The number of esters is 1. The minimum atomic E-state index is -0.260. The van der Waals surface area contributed by atoms with Crippen molar-refractivity contribution in [3.63, 3.8) is 0 Å². The van der Waals surface area contributed by atoms with Crippen LogP contribution in [0.3, 0.4) is 0 Å². The van der Waals surface area contributed by atoms with E-state index < -0.39 is 0 Å². The number of hydrogen-bond acceptors (Lipinski definition) is 3. The molecule has 1 aliphatic carbocycles. The van der Waals surface area contributed by atoms with E-state index in [4.69, 9.17) is 4.74 Å². The minimum Gasteiger partial charge on any atom is -0.466 e. The van der Waals surface area contributed by atoms with Gasteiger partial charge in [-0.3, -0.25) is 4.79 Å². The van der Waals surface area contributed by atoms with Gasteiger partial charge < -0.3 is 9.84 Å².